The number of piperazine rings is 1. The first-order chi connectivity index (χ1) is 9.40. The Labute approximate surface area is 127 Å². The van der Waals surface area contributed by atoms with E-state index < -0.39 is 17.9 Å². The molecule has 0 spiro atoms. The number of carbonyl (C=O) groups is 3. The molecule has 6 nitrogen and oxygen atoms in total. The maximum atomic E-state index is 12.4. The number of hydrogen-bond donors (Lipinski definition) is 2. The zero-order valence-electron chi connectivity index (χ0n) is 10.1. The molecule has 1 unspecified atom stereocenters. The molecule has 2 amide bonds. The van der Waals surface area contributed by atoms with Gasteiger partial charge >= 0.3 is 5.97 Å². The number of aliphatic carboxylic acids is 1. The molecule has 106 valence electrons. The summed E-state index contributed by atoms with van der Waals surface area (Å²) in [6.45, 7) is -0.393. The van der Waals surface area contributed by atoms with Crippen LogP contribution in [-0.4, -0.2) is 46.9 Å². The van der Waals surface area contributed by atoms with Gasteiger partial charge in [-0.05, 0) is 34.1 Å². The number of carboxylic acids is 1. The number of amides is 2. The molecule has 0 aromatic heterocycles. The third-order valence-corrected chi connectivity index (χ3v) is 3.78. The molecule has 1 heterocycles. The van der Waals surface area contributed by atoms with Gasteiger partial charge in [0.15, 0.2) is 0 Å². The lowest BCUT2D eigenvalue weighted by Crippen LogP contribution is -2.59. The van der Waals surface area contributed by atoms with E-state index >= 15 is 0 Å². The fourth-order valence-corrected chi connectivity index (χ4v) is 2.75. The van der Waals surface area contributed by atoms with Crippen molar-refractivity contribution in [1.82, 2.24) is 10.2 Å². The molecule has 8 heteroatoms. The fraction of sp³-hybridized carbons (Fsp3) is 0.250. The van der Waals surface area contributed by atoms with E-state index in [0.29, 0.717) is 9.50 Å². The molecular weight excluding hydrogens is 351 g/mol. The van der Waals surface area contributed by atoms with Crippen molar-refractivity contribution in [2.24, 2.45) is 0 Å². The fourth-order valence-electron chi connectivity index (χ4n) is 1.89. The Morgan fingerprint density at radius 1 is 1.45 bits per heavy atom. The highest BCUT2D eigenvalue weighted by Gasteiger charge is 2.36. The first kappa shape index (κ1) is 14.8. The summed E-state index contributed by atoms with van der Waals surface area (Å²) in [5.41, 5.74) is 0.260. The summed E-state index contributed by atoms with van der Waals surface area (Å²) in [7, 11) is 0. The second kappa shape index (κ2) is 5.80. The van der Waals surface area contributed by atoms with Crippen LogP contribution in [-0.2, 0) is 9.59 Å². The highest BCUT2D eigenvalue weighted by atomic mass is 79.9. The maximum absolute atomic E-state index is 12.4. The number of nitrogens with zero attached hydrogens (tertiary/aromatic N) is 1. The minimum atomic E-state index is -1.16. The molecule has 1 saturated heterocycles. The molecule has 2 rings (SSSR count). The van der Waals surface area contributed by atoms with E-state index in [1.807, 2.05) is 0 Å². The van der Waals surface area contributed by atoms with E-state index in [9.17, 15) is 14.4 Å². The standard InChI is InChI=1S/C12H10BrClN2O4/c13-8-3-6(14)1-2-7(8)11(18)16-5-10(17)15-4-9(16)12(19)20/h1-3,9H,4-5H2,(H,15,17)(H,19,20). The van der Waals surface area contributed by atoms with Crippen molar-refractivity contribution < 1.29 is 19.5 Å². The van der Waals surface area contributed by atoms with Crippen molar-refractivity contribution in [2.75, 3.05) is 13.1 Å². The number of rotatable bonds is 2. The van der Waals surface area contributed by atoms with Crippen LogP contribution in [0.25, 0.3) is 0 Å². The van der Waals surface area contributed by atoms with Gasteiger partial charge in [0.1, 0.15) is 12.6 Å². The van der Waals surface area contributed by atoms with E-state index in [1.54, 1.807) is 0 Å². The van der Waals surface area contributed by atoms with Crippen molar-refractivity contribution >= 4 is 45.3 Å². The second-order valence-electron chi connectivity index (χ2n) is 4.22. The number of carboxylic acid groups (broad SMARTS) is 1. The summed E-state index contributed by atoms with van der Waals surface area (Å²) in [5.74, 6) is -2.08. The molecule has 1 aliphatic rings. The van der Waals surface area contributed by atoms with Gasteiger partial charge in [0.05, 0.1) is 5.56 Å². The highest BCUT2D eigenvalue weighted by Crippen LogP contribution is 2.24. The van der Waals surface area contributed by atoms with Crippen molar-refractivity contribution in [3.05, 3.63) is 33.3 Å². The first-order valence-electron chi connectivity index (χ1n) is 5.65. The van der Waals surface area contributed by atoms with Gasteiger partial charge in [-0.25, -0.2) is 4.79 Å². The quantitative estimate of drug-likeness (QED) is 0.827. The maximum Gasteiger partial charge on any atom is 0.328 e. The van der Waals surface area contributed by atoms with Crippen LogP contribution in [0.15, 0.2) is 22.7 Å². The Morgan fingerprint density at radius 3 is 2.75 bits per heavy atom. The van der Waals surface area contributed by atoms with Gasteiger partial charge in [-0.15, -0.1) is 0 Å². The van der Waals surface area contributed by atoms with Crippen LogP contribution in [0.5, 0.6) is 0 Å². The van der Waals surface area contributed by atoms with E-state index in [4.69, 9.17) is 16.7 Å². The zero-order chi connectivity index (χ0) is 14.9. The number of hydrogen-bond acceptors (Lipinski definition) is 3. The summed E-state index contributed by atoms with van der Waals surface area (Å²) < 4.78 is 0.449. The Balaban J connectivity index is 2.33. The second-order valence-corrected chi connectivity index (χ2v) is 5.51. The van der Waals surface area contributed by atoms with Crippen LogP contribution < -0.4 is 5.32 Å². The van der Waals surface area contributed by atoms with Crippen LogP contribution in [0.4, 0.5) is 0 Å². The summed E-state index contributed by atoms with van der Waals surface area (Å²) in [4.78, 5) is 36.0. The zero-order valence-corrected chi connectivity index (χ0v) is 12.4. The van der Waals surface area contributed by atoms with Crippen LogP contribution in [0.3, 0.4) is 0 Å². The smallest absolute Gasteiger partial charge is 0.328 e. The Kier molecular flexibility index (Phi) is 4.29. The topological polar surface area (TPSA) is 86.7 Å². The lowest BCUT2D eigenvalue weighted by atomic mass is 10.1. The van der Waals surface area contributed by atoms with Gasteiger partial charge < -0.3 is 15.3 Å². The van der Waals surface area contributed by atoms with Crippen molar-refractivity contribution in [3.63, 3.8) is 0 Å². The molecule has 0 aliphatic carbocycles. The average Bonchev–Trinajstić information content (AvgIpc) is 2.37. The SMILES string of the molecule is O=C1CN(C(=O)c2ccc(Cl)cc2Br)C(C(=O)O)CN1. The third-order valence-electron chi connectivity index (χ3n) is 2.89. The summed E-state index contributed by atoms with van der Waals surface area (Å²) in [5, 5.41) is 12.0. The molecule has 1 aromatic rings. The number of halogens is 2. The molecule has 1 fully saturated rings. The summed E-state index contributed by atoms with van der Waals surface area (Å²) >= 11 is 9.00. The Hall–Kier alpha value is -1.60. The normalized spacial score (nSPS) is 18.6. The molecule has 2 N–H and O–H groups in total. The van der Waals surface area contributed by atoms with Crippen molar-refractivity contribution in [1.29, 1.82) is 0 Å². The largest absolute Gasteiger partial charge is 0.480 e. The molecule has 0 saturated carbocycles. The third kappa shape index (κ3) is 2.94. The van der Waals surface area contributed by atoms with E-state index in [-0.39, 0.29) is 24.6 Å². The van der Waals surface area contributed by atoms with E-state index in [1.165, 1.54) is 18.2 Å². The monoisotopic (exact) mass is 360 g/mol. The Bertz CT molecular complexity index is 593. The van der Waals surface area contributed by atoms with Crippen LogP contribution >= 0.6 is 27.5 Å². The number of nitrogens with one attached hydrogen (secondary N) is 1. The first-order valence-corrected chi connectivity index (χ1v) is 6.83. The molecule has 1 aliphatic heterocycles. The van der Waals surface area contributed by atoms with Crippen LogP contribution in [0.1, 0.15) is 10.4 Å². The Morgan fingerprint density at radius 2 is 2.15 bits per heavy atom. The van der Waals surface area contributed by atoms with Gasteiger partial charge in [0.25, 0.3) is 5.91 Å². The summed E-state index contributed by atoms with van der Waals surface area (Å²) in [6.07, 6.45) is 0. The highest BCUT2D eigenvalue weighted by molar-refractivity contribution is 9.10. The molecule has 1 atom stereocenters. The average molecular weight is 362 g/mol. The number of carbonyl (C=O) groups excluding carboxylic acids is 2. The van der Waals surface area contributed by atoms with Gasteiger partial charge in [0.2, 0.25) is 5.91 Å². The van der Waals surface area contributed by atoms with E-state index in [2.05, 4.69) is 21.2 Å². The van der Waals surface area contributed by atoms with Gasteiger partial charge in [0, 0.05) is 16.0 Å². The predicted octanol–water partition coefficient (Wildman–Crippen LogP) is 1.13. The molecule has 20 heavy (non-hydrogen) atoms. The van der Waals surface area contributed by atoms with E-state index in [0.717, 1.165) is 4.90 Å². The minimum absolute atomic E-state index is 0.106. The van der Waals surface area contributed by atoms with Gasteiger partial charge in [-0.1, -0.05) is 11.6 Å². The van der Waals surface area contributed by atoms with Gasteiger partial charge in [-0.2, -0.15) is 0 Å². The molecule has 1 aromatic carbocycles. The lowest BCUT2D eigenvalue weighted by molar-refractivity contribution is -0.144. The van der Waals surface area contributed by atoms with Crippen molar-refractivity contribution in [3.8, 4) is 0 Å². The number of benzene rings is 1. The molecular formula is C12H10BrClN2O4. The minimum Gasteiger partial charge on any atom is -0.480 e. The van der Waals surface area contributed by atoms with Crippen LogP contribution in [0, 0.1) is 0 Å². The van der Waals surface area contributed by atoms with Crippen LogP contribution in [0.2, 0.25) is 5.02 Å². The van der Waals surface area contributed by atoms with Crippen molar-refractivity contribution in [2.45, 2.75) is 6.04 Å². The molecule has 0 bridgehead atoms. The molecule has 0 radical (unpaired) electrons. The van der Waals surface area contributed by atoms with Gasteiger partial charge in [-0.3, -0.25) is 9.59 Å². The summed E-state index contributed by atoms with van der Waals surface area (Å²) in [6, 6.07) is 3.47. The predicted molar refractivity (Wildman–Crippen MR) is 74.6 cm³/mol. The lowest BCUT2D eigenvalue weighted by Gasteiger charge is -2.32.